The molecule has 0 spiro atoms. The van der Waals surface area contributed by atoms with E-state index in [1.807, 2.05) is 31.1 Å². The van der Waals surface area contributed by atoms with Crippen molar-refractivity contribution >= 4 is 11.7 Å². The largest absolute Gasteiger partial charge is 0.478 e. The van der Waals surface area contributed by atoms with Crippen LogP contribution in [0.2, 0.25) is 0 Å². The van der Waals surface area contributed by atoms with Crippen molar-refractivity contribution in [2.24, 2.45) is 5.92 Å². The number of anilines is 1. The Bertz CT molecular complexity index is 425. The van der Waals surface area contributed by atoms with Gasteiger partial charge in [0.05, 0.1) is 5.56 Å². The number of benzene rings is 1. The number of carbonyl (C=O) groups is 1. The molecule has 0 amide bonds. The molecule has 0 aliphatic carbocycles. The molecular weight excluding hydrogens is 238 g/mol. The fourth-order valence-corrected chi connectivity index (χ4v) is 2.14. The molecule has 0 unspecified atom stereocenters. The van der Waals surface area contributed by atoms with Gasteiger partial charge < -0.3 is 10.0 Å². The number of carboxylic acid groups (broad SMARTS) is 1. The first-order chi connectivity index (χ1) is 8.91. The molecule has 0 radical (unpaired) electrons. The van der Waals surface area contributed by atoms with Crippen LogP contribution in [0.25, 0.3) is 0 Å². The van der Waals surface area contributed by atoms with E-state index < -0.39 is 5.97 Å². The van der Waals surface area contributed by atoms with Crippen LogP contribution in [-0.4, -0.2) is 25.2 Å². The summed E-state index contributed by atoms with van der Waals surface area (Å²) in [6.07, 6.45) is 4.25. The smallest absolute Gasteiger partial charge is 0.335 e. The Morgan fingerprint density at radius 2 is 1.95 bits per heavy atom. The van der Waals surface area contributed by atoms with Crippen LogP contribution in [0.4, 0.5) is 5.69 Å². The van der Waals surface area contributed by atoms with Gasteiger partial charge in [0.2, 0.25) is 0 Å². The number of unbranched alkanes of at least 4 members (excludes halogenated alkanes) is 1. The van der Waals surface area contributed by atoms with E-state index in [-0.39, 0.29) is 0 Å². The molecule has 0 atom stereocenters. The first kappa shape index (κ1) is 15.5. The first-order valence-electron chi connectivity index (χ1n) is 6.95. The predicted octanol–water partition coefficient (Wildman–Crippen LogP) is 3.82. The van der Waals surface area contributed by atoms with Gasteiger partial charge in [-0.25, -0.2) is 4.79 Å². The van der Waals surface area contributed by atoms with Crippen LogP contribution in [0.15, 0.2) is 18.2 Å². The Hall–Kier alpha value is -1.51. The lowest BCUT2D eigenvalue weighted by Crippen LogP contribution is -2.11. The number of aromatic carboxylic acids is 1. The molecule has 0 saturated heterocycles. The van der Waals surface area contributed by atoms with Crippen LogP contribution in [0.3, 0.4) is 0 Å². The fourth-order valence-electron chi connectivity index (χ4n) is 2.14. The van der Waals surface area contributed by atoms with Gasteiger partial charge in [-0.2, -0.15) is 0 Å². The van der Waals surface area contributed by atoms with Crippen molar-refractivity contribution < 1.29 is 9.90 Å². The lowest BCUT2D eigenvalue weighted by molar-refractivity contribution is 0.0695. The van der Waals surface area contributed by atoms with Crippen LogP contribution in [0.1, 0.15) is 49.0 Å². The maximum Gasteiger partial charge on any atom is 0.335 e. The summed E-state index contributed by atoms with van der Waals surface area (Å²) < 4.78 is 0. The molecule has 0 fully saturated rings. The molecule has 19 heavy (non-hydrogen) atoms. The van der Waals surface area contributed by atoms with Crippen molar-refractivity contribution in [3.8, 4) is 0 Å². The van der Waals surface area contributed by atoms with E-state index in [1.165, 1.54) is 6.42 Å². The molecule has 3 heteroatoms. The van der Waals surface area contributed by atoms with Gasteiger partial charge in [0.1, 0.15) is 0 Å². The molecule has 1 aromatic rings. The van der Waals surface area contributed by atoms with Gasteiger partial charge in [-0.3, -0.25) is 0 Å². The van der Waals surface area contributed by atoms with E-state index in [4.69, 9.17) is 0 Å². The summed E-state index contributed by atoms with van der Waals surface area (Å²) in [6.45, 7) is 4.44. The molecule has 1 N–H and O–H groups in total. The highest BCUT2D eigenvalue weighted by Gasteiger charge is 2.11. The summed E-state index contributed by atoms with van der Waals surface area (Å²) in [5.41, 5.74) is 2.45. The normalized spacial score (nSPS) is 10.8. The number of nitrogens with zero attached hydrogens (tertiary/aromatic N) is 1. The summed E-state index contributed by atoms with van der Waals surface area (Å²) >= 11 is 0. The van der Waals surface area contributed by atoms with Crippen molar-refractivity contribution in [2.45, 2.75) is 39.5 Å². The lowest BCUT2D eigenvalue weighted by Gasteiger charge is -2.15. The van der Waals surface area contributed by atoms with Gasteiger partial charge in [0.15, 0.2) is 0 Å². The average Bonchev–Trinajstić information content (AvgIpc) is 2.33. The van der Waals surface area contributed by atoms with Crippen LogP contribution >= 0.6 is 0 Å². The number of hydrogen-bond donors (Lipinski definition) is 1. The standard InChI is InChI=1S/C16H25NO2/c1-12(2)7-5-6-8-13-11-14(17(3)4)9-10-15(13)16(18)19/h9-12H,5-8H2,1-4H3,(H,18,19). The highest BCUT2D eigenvalue weighted by molar-refractivity contribution is 5.90. The van der Waals surface area contributed by atoms with Crippen LogP contribution in [0.5, 0.6) is 0 Å². The Labute approximate surface area is 116 Å². The van der Waals surface area contributed by atoms with Crippen LogP contribution in [-0.2, 0) is 6.42 Å². The van der Waals surface area contributed by atoms with Gasteiger partial charge in [0.25, 0.3) is 0 Å². The Morgan fingerprint density at radius 3 is 2.47 bits per heavy atom. The van der Waals surface area contributed by atoms with Gasteiger partial charge in [-0.15, -0.1) is 0 Å². The number of hydrogen-bond acceptors (Lipinski definition) is 2. The molecule has 0 saturated carbocycles. The maximum absolute atomic E-state index is 11.2. The van der Waals surface area contributed by atoms with Crippen molar-refractivity contribution in [3.63, 3.8) is 0 Å². The molecule has 0 aliphatic rings. The lowest BCUT2D eigenvalue weighted by atomic mass is 9.98. The van der Waals surface area contributed by atoms with E-state index >= 15 is 0 Å². The Morgan fingerprint density at radius 1 is 1.26 bits per heavy atom. The quantitative estimate of drug-likeness (QED) is 0.760. The van der Waals surface area contributed by atoms with Crippen LogP contribution < -0.4 is 4.90 Å². The third-order valence-electron chi connectivity index (χ3n) is 3.31. The highest BCUT2D eigenvalue weighted by atomic mass is 16.4. The molecule has 1 aromatic carbocycles. The molecule has 1 rings (SSSR count). The maximum atomic E-state index is 11.2. The Balaban J connectivity index is 2.77. The van der Waals surface area contributed by atoms with Crippen molar-refractivity contribution in [2.75, 3.05) is 19.0 Å². The fraction of sp³-hybridized carbons (Fsp3) is 0.562. The monoisotopic (exact) mass is 263 g/mol. The van der Waals surface area contributed by atoms with E-state index in [0.29, 0.717) is 11.5 Å². The van der Waals surface area contributed by atoms with Gasteiger partial charge >= 0.3 is 5.97 Å². The van der Waals surface area contributed by atoms with E-state index in [9.17, 15) is 9.90 Å². The SMILES string of the molecule is CC(C)CCCCc1cc(N(C)C)ccc1C(=O)O. The third-order valence-corrected chi connectivity index (χ3v) is 3.31. The molecule has 3 nitrogen and oxygen atoms in total. The predicted molar refractivity (Wildman–Crippen MR) is 80.1 cm³/mol. The highest BCUT2D eigenvalue weighted by Crippen LogP contribution is 2.21. The summed E-state index contributed by atoms with van der Waals surface area (Å²) in [7, 11) is 3.94. The zero-order chi connectivity index (χ0) is 14.4. The Kier molecular flexibility index (Phi) is 5.87. The van der Waals surface area contributed by atoms with E-state index in [2.05, 4.69) is 13.8 Å². The first-order valence-corrected chi connectivity index (χ1v) is 6.95. The number of aryl methyl sites for hydroxylation is 1. The minimum absolute atomic E-state index is 0.440. The minimum atomic E-state index is -0.829. The van der Waals surface area contributed by atoms with Crippen LogP contribution in [0, 0.1) is 5.92 Å². The summed E-state index contributed by atoms with van der Waals surface area (Å²) in [6, 6.07) is 5.58. The van der Waals surface area contributed by atoms with Crippen molar-refractivity contribution in [1.29, 1.82) is 0 Å². The van der Waals surface area contributed by atoms with E-state index in [0.717, 1.165) is 30.5 Å². The zero-order valence-corrected chi connectivity index (χ0v) is 12.4. The summed E-state index contributed by atoms with van der Waals surface area (Å²) in [5, 5.41) is 9.23. The average molecular weight is 263 g/mol. The van der Waals surface area contributed by atoms with Gasteiger partial charge in [-0.1, -0.05) is 26.7 Å². The second kappa shape index (κ2) is 7.17. The van der Waals surface area contributed by atoms with E-state index in [1.54, 1.807) is 6.07 Å². The van der Waals surface area contributed by atoms with Gasteiger partial charge in [-0.05, 0) is 42.5 Å². The minimum Gasteiger partial charge on any atom is -0.478 e. The topological polar surface area (TPSA) is 40.5 Å². The van der Waals surface area contributed by atoms with Crippen molar-refractivity contribution in [1.82, 2.24) is 0 Å². The molecule has 106 valence electrons. The molecular formula is C16H25NO2. The van der Waals surface area contributed by atoms with Gasteiger partial charge in [0, 0.05) is 19.8 Å². The molecule has 0 aliphatic heterocycles. The second-order valence-electron chi connectivity index (χ2n) is 5.68. The summed E-state index contributed by atoms with van der Waals surface area (Å²) in [4.78, 5) is 13.2. The molecule has 0 heterocycles. The zero-order valence-electron chi connectivity index (χ0n) is 12.4. The number of carboxylic acids is 1. The third kappa shape index (κ3) is 4.93. The number of rotatable bonds is 7. The summed E-state index contributed by atoms with van der Waals surface area (Å²) in [5.74, 6) is -0.115. The second-order valence-corrected chi connectivity index (χ2v) is 5.68. The molecule has 0 bridgehead atoms. The molecule has 0 aromatic heterocycles. The van der Waals surface area contributed by atoms with Crippen molar-refractivity contribution in [3.05, 3.63) is 29.3 Å².